The molecule has 46 heavy (non-hydrogen) atoms. The van der Waals surface area contributed by atoms with Crippen LogP contribution < -0.4 is 16.0 Å². The van der Waals surface area contributed by atoms with Crippen molar-refractivity contribution in [2.45, 2.75) is 24.0 Å². The molecule has 0 saturated heterocycles. The van der Waals surface area contributed by atoms with Gasteiger partial charge >= 0.3 is 0 Å². The van der Waals surface area contributed by atoms with Gasteiger partial charge in [0, 0.05) is 26.9 Å². The minimum absolute atomic E-state index is 0.0969. The van der Waals surface area contributed by atoms with Crippen LogP contribution in [0.15, 0.2) is 138 Å². The summed E-state index contributed by atoms with van der Waals surface area (Å²) < 4.78 is 0. The van der Waals surface area contributed by atoms with Crippen molar-refractivity contribution in [2.75, 3.05) is 10.6 Å². The fourth-order valence-electron chi connectivity index (χ4n) is 4.67. The first-order valence-corrected chi connectivity index (χ1v) is 15.9. The van der Waals surface area contributed by atoms with Crippen LogP contribution in [0.5, 0.6) is 0 Å². The van der Waals surface area contributed by atoms with Gasteiger partial charge in [-0.1, -0.05) is 96.5 Å². The molecule has 1 unspecified atom stereocenters. The third-order valence-electron chi connectivity index (χ3n) is 7.23. The zero-order valence-corrected chi connectivity index (χ0v) is 26.9. The van der Waals surface area contributed by atoms with Crippen molar-refractivity contribution in [3.05, 3.63) is 166 Å². The minimum Gasteiger partial charge on any atom is -0.325 e. The van der Waals surface area contributed by atoms with Gasteiger partial charge in [-0.05, 0) is 84.6 Å². The molecule has 0 spiro atoms. The lowest BCUT2D eigenvalue weighted by Gasteiger charge is -2.19. The van der Waals surface area contributed by atoms with Crippen molar-refractivity contribution in [1.29, 1.82) is 0 Å². The number of halogens is 1. The maximum Gasteiger partial charge on any atom is 0.272 e. The first kappa shape index (κ1) is 32.3. The molecule has 5 aromatic rings. The van der Waals surface area contributed by atoms with Crippen LogP contribution in [0.1, 0.15) is 37.9 Å². The summed E-state index contributed by atoms with van der Waals surface area (Å²) in [6, 6.07) is 38.5. The second kappa shape index (κ2) is 15.3. The normalized spacial score (nSPS) is 11.8. The summed E-state index contributed by atoms with van der Waals surface area (Å²) in [6.45, 7) is 3.80. The number of aryl methyl sites for hydroxylation is 1. The molecule has 0 saturated carbocycles. The number of benzene rings is 5. The molecule has 0 aromatic heterocycles. The molecule has 6 nitrogen and oxygen atoms in total. The fraction of sp³-hybridized carbons (Fsp3) is 0.0789. The Morgan fingerprint density at radius 2 is 1.41 bits per heavy atom. The maximum atomic E-state index is 13.7. The van der Waals surface area contributed by atoms with Crippen LogP contribution in [0.3, 0.4) is 0 Å². The third kappa shape index (κ3) is 8.33. The van der Waals surface area contributed by atoms with Gasteiger partial charge in [-0.3, -0.25) is 14.4 Å². The average Bonchev–Trinajstić information content (AvgIpc) is 3.07. The van der Waals surface area contributed by atoms with Crippen molar-refractivity contribution >= 4 is 58.5 Å². The lowest BCUT2D eigenvalue weighted by molar-refractivity contribution is -0.116. The molecule has 3 N–H and O–H groups in total. The van der Waals surface area contributed by atoms with Crippen molar-refractivity contribution in [1.82, 2.24) is 5.32 Å². The SMILES string of the molecule is Cc1ccccc1/C=C(\NC(=O)c1ccccc1)C(=O)Nc1cccc(SC(C(=O)Nc2cccc(Cl)c2C)c2ccccc2)c1. The van der Waals surface area contributed by atoms with Gasteiger partial charge in [0.2, 0.25) is 5.91 Å². The van der Waals surface area contributed by atoms with Crippen LogP contribution >= 0.6 is 23.4 Å². The molecule has 0 heterocycles. The van der Waals surface area contributed by atoms with Crippen LogP contribution in [0.2, 0.25) is 5.02 Å². The van der Waals surface area contributed by atoms with E-state index in [1.54, 1.807) is 54.6 Å². The van der Waals surface area contributed by atoms with E-state index in [9.17, 15) is 14.4 Å². The quantitative estimate of drug-likeness (QED) is 0.105. The molecule has 0 radical (unpaired) electrons. The monoisotopic (exact) mass is 645 g/mol. The van der Waals surface area contributed by atoms with Crippen LogP contribution in [0.4, 0.5) is 11.4 Å². The highest BCUT2D eigenvalue weighted by molar-refractivity contribution is 8.00. The molecule has 230 valence electrons. The molecule has 5 aromatic carbocycles. The molecule has 5 rings (SSSR count). The summed E-state index contributed by atoms with van der Waals surface area (Å²) in [5.41, 5.74) is 5.06. The Labute approximate surface area is 277 Å². The van der Waals surface area contributed by atoms with Gasteiger partial charge in [0.25, 0.3) is 11.8 Å². The number of thioether (sulfide) groups is 1. The van der Waals surface area contributed by atoms with Crippen molar-refractivity contribution in [2.24, 2.45) is 0 Å². The molecule has 0 aliphatic rings. The van der Waals surface area contributed by atoms with Crippen LogP contribution in [-0.2, 0) is 9.59 Å². The molecule has 3 amide bonds. The van der Waals surface area contributed by atoms with Gasteiger partial charge in [0.15, 0.2) is 0 Å². The zero-order chi connectivity index (χ0) is 32.5. The summed E-state index contributed by atoms with van der Waals surface area (Å²) in [6.07, 6.45) is 1.66. The van der Waals surface area contributed by atoms with Crippen LogP contribution in [0.25, 0.3) is 6.08 Å². The Balaban J connectivity index is 1.39. The largest absolute Gasteiger partial charge is 0.325 e. The maximum absolute atomic E-state index is 13.7. The highest BCUT2D eigenvalue weighted by atomic mass is 35.5. The molecule has 0 aliphatic carbocycles. The number of hydrogen-bond acceptors (Lipinski definition) is 4. The van der Waals surface area contributed by atoms with E-state index in [0.29, 0.717) is 22.0 Å². The summed E-state index contributed by atoms with van der Waals surface area (Å²) >= 11 is 7.66. The second-order valence-electron chi connectivity index (χ2n) is 10.5. The highest BCUT2D eigenvalue weighted by Gasteiger charge is 2.23. The number of nitrogens with one attached hydrogen (secondary N) is 3. The first-order valence-electron chi connectivity index (χ1n) is 14.6. The predicted octanol–water partition coefficient (Wildman–Crippen LogP) is 8.84. The lowest BCUT2D eigenvalue weighted by atomic mass is 10.1. The van der Waals surface area contributed by atoms with E-state index in [4.69, 9.17) is 11.6 Å². The van der Waals surface area contributed by atoms with E-state index < -0.39 is 17.1 Å². The molecule has 0 fully saturated rings. The summed E-state index contributed by atoms with van der Waals surface area (Å²) in [5.74, 6) is -1.09. The third-order valence-corrected chi connectivity index (χ3v) is 8.89. The van der Waals surface area contributed by atoms with E-state index in [-0.39, 0.29) is 11.6 Å². The van der Waals surface area contributed by atoms with Gasteiger partial charge < -0.3 is 16.0 Å². The molecular weight excluding hydrogens is 614 g/mol. The van der Waals surface area contributed by atoms with Gasteiger partial charge in [-0.25, -0.2) is 0 Å². The van der Waals surface area contributed by atoms with Gasteiger partial charge in [-0.15, -0.1) is 11.8 Å². The summed E-state index contributed by atoms with van der Waals surface area (Å²) in [4.78, 5) is 41.1. The fourth-order valence-corrected chi connectivity index (χ4v) is 5.93. The van der Waals surface area contributed by atoms with Crippen molar-refractivity contribution in [3.63, 3.8) is 0 Å². The van der Waals surface area contributed by atoms with E-state index >= 15 is 0 Å². The average molecular weight is 646 g/mol. The number of carbonyl (C=O) groups is 3. The van der Waals surface area contributed by atoms with Crippen molar-refractivity contribution < 1.29 is 14.4 Å². The Morgan fingerprint density at radius 1 is 0.739 bits per heavy atom. The van der Waals surface area contributed by atoms with Gasteiger partial charge in [-0.2, -0.15) is 0 Å². The predicted molar refractivity (Wildman–Crippen MR) is 188 cm³/mol. The van der Waals surface area contributed by atoms with E-state index in [2.05, 4.69) is 16.0 Å². The Hall–Kier alpha value is -5.11. The van der Waals surface area contributed by atoms with Gasteiger partial charge in [0.1, 0.15) is 10.9 Å². The van der Waals surface area contributed by atoms with E-state index in [0.717, 1.165) is 27.1 Å². The Kier molecular flexibility index (Phi) is 10.7. The Morgan fingerprint density at radius 3 is 2.15 bits per heavy atom. The first-order chi connectivity index (χ1) is 22.3. The van der Waals surface area contributed by atoms with Crippen molar-refractivity contribution in [3.8, 4) is 0 Å². The number of anilines is 2. The second-order valence-corrected chi connectivity index (χ2v) is 12.1. The standard InChI is InChI=1S/C38H32ClN3O3S/c1-25-13-9-10-18-29(25)23-34(42-36(43)28-16-7-4-8-17-28)37(44)40-30-19-11-20-31(24-30)46-35(27-14-5-3-6-15-27)38(45)41-33-22-12-21-32(39)26(33)2/h3-24,35H,1-2H3,(H,40,44)(H,41,45)(H,42,43)/b34-23-. The molecule has 8 heteroatoms. The molecule has 1 atom stereocenters. The number of amides is 3. The van der Waals surface area contributed by atoms with Crippen LogP contribution in [-0.4, -0.2) is 17.7 Å². The molecule has 0 aliphatic heterocycles. The lowest BCUT2D eigenvalue weighted by Crippen LogP contribution is -2.30. The topological polar surface area (TPSA) is 87.3 Å². The molecular formula is C38H32ClN3O3S. The number of carbonyl (C=O) groups excluding carboxylic acids is 3. The smallest absolute Gasteiger partial charge is 0.272 e. The minimum atomic E-state index is -0.591. The highest BCUT2D eigenvalue weighted by Crippen LogP contribution is 2.38. The van der Waals surface area contributed by atoms with E-state index in [1.807, 2.05) is 92.7 Å². The summed E-state index contributed by atoms with van der Waals surface area (Å²) in [5, 5.41) is 8.72. The zero-order valence-electron chi connectivity index (χ0n) is 25.3. The summed E-state index contributed by atoms with van der Waals surface area (Å²) in [7, 11) is 0. The molecule has 0 bridgehead atoms. The Bertz CT molecular complexity index is 1890. The van der Waals surface area contributed by atoms with Gasteiger partial charge in [0.05, 0.1) is 0 Å². The number of hydrogen-bond donors (Lipinski definition) is 3. The number of rotatable bonds is 10. The van der Waals surface area contributed by atoms with Crippen LogP contribution in [0, 0.1) is 13.8 Å². The van der Waals surface area contributed by atoms with E-state index in [1.165, 1.54) is 11.8 Å².